The smallest absolute Gasteiger partial charge is 0.0324 e. The van der Waals surface area contributed by atoms with Crippen LogP contribution in [0, 0.1) is 16.7 Å². The molecule has 0 heterocycles. The molecule has 1 rings (SSSR count). The highest BCUT2D eigenvalue weighted by Gasteiger charge is 2.37. The van der Waals surface area contributed by atoms with E-state index in [0.717, 1.165) is 5.92 Å². The molecular weight excluding hydrogens is 156 g/mol. The largest absolute Gasteiger partial charge is 0.103 e. The molecular formula is C13H24. The predicted molar refractivity (Wildman–Crippen MR) is 59.7 cm³/mol. The van der Waals surface area contributed by atoms with Crippen LogP contribution < -0.4 is 0 Å². The number of allylic oxidation sites excluding steroid dienone is 1. The Morgan fingerprint density at radius 3 is 2.00 bits per heavy atom. The van der Waals surface area contributed by atoms with Gasteiger partial charge in [-0.3, -0.25) is 0 Å². The molecule has 76 valence electrons. The third kappa shape index (κ3) is 3.17. The van der Waals surface area contributed by atoms with Gasteiger partial charge >= 0.3 is 0 Å². The number of hydrogen-bond acceptors (Lipinski definition) is 0. The van der Waals surface area contributed by atoms with Crippen molar-refractivity contribution in [2.75, 3.05) is 0 Å². The van der Waals surface area contributed by atoms with Crippen LogP contribution in [0.5, 0.6) is 0 Å². The summed E-state index contributed by atoms with van der Waals surface area (Å²) in [4.78, 5) is 0. The van der Waals surface area contributed by atoms with Gasteiger partial charge in [0.05, 0.1) is 0 Å². The van der Waals surface area contributed by atoms with E-state index >= 15 is 0 Å². The molecule has 0 N–H and O–H groups in total. The van der Waals surface area contributed by atoms with Crippen molar-refractivity contribution in [2.24, 2.45) is 16.7 Å². The van der Waals surface area contributed by atoms with Gasteiger partial charge < -0.3 is 0 Å². The summed E-state index contributed by atoms with van der Waals surface area (Å²) < 4.78 is 0. The fourth-order valence-electron chi connectivity index (χ4n) is 3.48. The molecule has 0 amide bonds. The van der Waals surface area contributed by atoms with Crippen molar-refractivity contribution < 1.29 is 0 Å². The van der Waals surface area contributed by atoms with Crippen LogP contribution in [0.4, 0.5) is 0 Å². The van der Waals surface area contributed by atoms with Crippen molar-refractivity contribution in [2.45, 2.75) is 53.4 Å². The summed E-state index contributed by atoms with van der Waals surface area (Å²) in [6.45, 7) is 13.5. The molecule has 0 bridgehead atoms. The highest BCUT2D eigenvalue weighted by atomic mass is 14.4. The maximum Gasteiger partial charge on any atom is -0.0324 e. The summed E-state index contributed by atoms with van der Waals surface area (Å²) in [5, 5.41) is 0. The van der Waals surface area contributed by atoms with E-state index < -0.39 is 0 Å². The molecule has 0 spiro atoms. The lowest BCUT2D eigenvalue weighted by Gasteiger charge is -2.44. The minimum atomic E-state index is 0.537. The molecule has 0 aliphatic heterocycles. The number of rotatable bonds is 2. The molecule has 1 fully saturated rings. The van der Waals surface area contributed by atoms with Gasteiger partial charge in [0.15, 0.2) is 0 Å². The first-order chi connectivity index (χ1) is 5.85. The van der Waals surface area contributed by atoms with Crippen LogP contribution in [-0.4, -0.2) is 0 Å². The summed E-state index contributed by atoms with van der Waals surface area (Å²) in [7, 11) is 0. The first-order valence-electron chi connectivity index (χ1n) is 5.46. The third-order valence-electron chi connectivity index (χ3n) is 3.14. The van der Waals surface area contributed by atoms with E-state index in [1.165, 1.54) is 25.7 Å². The van der Waals surface area contributed by atoms with Crippen molar-refractivity contribution in [3.63, 3.8) is 0 Å². The van der Waals surface area contributed by atoms with Gasteiger partial charge in [-0.05, 0) is 42.4 Å². The zero-order valence-electron chi connectivity index (χ0n) is 9.69. The highest BCUT2D eigenvalue weighted by molar-refractivity contribution is 4.91. The van der Waals surface area contributed by atoms with Crippen molar-refractivity contribution in [1.29, 1.82) is 0 Å². The summed E-state index contributed by atoms with van der Waals surface area (Å²) in [5.74, 6) is 0.872. The molecule has 0 heteroatoms. The maximum absolute atomic E-state index is 3.85. The number of hydrogen-bond donors (Lipinski definition) is 0. The van der Waals surface area contributed by atoms with E-state index in [1.807, 2.05) is 0 Å². The predicted octanol–water partition coefficient (Wildman–Crippen LogP) is 4.42. The average Bonchev–Trinajstić information content (AvgIpc) is 1.78. The molecule has 0 aromatic rings. The van der Waals surface area contributed by atoms with Gasteiger partial charge in [-0.2, -0.15) is 0 Å². The SMILES string of the molecule is C=CCC1CC(C)(C)CC(C)(C)C1. The van der Waals surface area contributed by atoms with Crippen LogP contribution in [0.25, 0.3) is 0 Å². The van der Waals surface area contributed by atoms with Crippen LogP contribution in [0.3, 0.4) is 0 Å². The monoisotopic (exact) mass is 180 g/mol. The zero-order valence-corrected chi connectivity index (χ0v) is 9.69. The lowest BCUT2D eigenvalue weighted by molar-refractivity contribution is 0.0689. The molecule has 1 aliphatic carbocycles. The van der Waals surface area contributed by atoms with Gasteiger partial charge in [-0.25, -0.2) is 0 Å². The second-order valence-electron chi connectivity index (χ2n) is 6.30. The first kappa shape index (κ1) is 10.8. The van der Waals surface area contributed by atoms with Crippen LogP contribution in [-0.2, 0) is 0 Å². The molecule has 0 radical (unpaired) electrons. The maximum atomic E-state index is 3.85. The Bertz CT molecular complexity index is 170. The van der Waals surface area contributed by atoms with Gasteiger partial charge in [-0.1, -0.05) is 33.8 Å². The van der Waals surface area contributed by atoms with E-state index in [2.05, 4.69) is 40.3 Å². The van der Waals surface area contributed by atoms with E-state index in [1.54, 1.807) is 0 Å². The minimum absolute atomic E-state index is 0.537. The summed E-state index contributed by atoms with van der Waals surface area (Å²) in [6.07, 6.45) is 7.41. The molecule has 0 aromatic heterocycles. The van der Waals surface area contributed by atoms with Crippen molar-refractivity contribution in [3.8, 4) is 0 Å². The molecule has 0 atom stereocenters. The van der Waals surface area contributed by atoms with Crippen LogP contribution >= 0.6 is 0 Å². The van der Waals surface area contributed by atoms with E-state index in [-0.39, 0.29) is 0 Å². The van der Waals surface area contributed by atoms with Crippen LogP contribution in [0.2, 0.25) is 0 Å². The van der Waals surface area contributed by atoms with Crippen molar-refractivity contribution in [1.82, 2.24) is 0 Å². The molecule has 1 saturated carbocycles. The topological polar surface area (TPSA) is 0 Å². The summed E-state index contributed by atoms with van der Waals surface area (Å²) in [6, 6.07) is 0. The molecule has 0 aromatic carbocycles. The fourth-order valence-corrected chi connectivity index (χ4v) is 3.48. The van der Waals surface area contributed by atoms with E-state index in [0.29, 0.717) is 10.8 Å². The van der Waals surface area contributed by atoms with Gasteiger partial charge in [0.1, 0.15) is 0 Å². The lowest BCUT2D eigenvalue weighted by Crippen LogP contribution is -2.33. The normalized spacial score (nSPS) is 27.1. The van der Waals surface area contributed by atoms with Gasteiger partial charge in [-0.15, -0.1) is 6.58 Å². The molecule has 13 heavy (non-hydrogen) atoms. The summed E-state index contributed by atoms with van der Waals surface area (Å²) >= 11 is 0. The van der Waals surface area contributed by atoms with E-state index in [4.69, 9.17) is 0 Å². The van der Waals surface area contributed by atoms with Crippen LogP contribution in [0.15, 0.2) is 12.7 Å². The first-order valence-corrected chi connectivity index (χ1v) is 5.46. The average molecular weight is 180 g/mol. The molecule has 0 saturated heterocycles. The second kappa shape index (κ2) is 3.48. The second-order valence-corrected chi connectivity index (χ2v) is 6.30. The Labute approximate surface area is 83.4 Å². The van der Waals surface area contributed by atoms with E-state index in [9.17, 15) is 0 Å². The lowest BCUT2D eigenvalue weighted by atomic mass is 9.61. The van der Waals surface area contributed by atoms with Gasteiger partial charge in [0.25, 0.3) is 0 Å². The van der Waals surface area contributed by atoms with Crippen molar-refractivity contribution >= 4 is 0 Å². The Kier molecular flexibility index (Phi) is 2.89. The molecule has 1 aliphatic rings. The fraction of sp³-hybridized carbons (Fsp3) is 0.846. The van der Waals surface area contributed by atoms with Gasteiger partial charge in [0.2, 0.25) is 0 Å². The minimum Gasteiger partial charge on any atom is -0.103 e. The molecule has 0 nitrogen and oxygen atoms in total. The molecule has 0 unspecified atom stereocenters. The Balaban J connectivity index is 2.66. The van der Waals surface area contributed by atoms with Crippen molar-refractivity contribution in [3.05, 3.63) is 12.7 Å². The van der Waals surface area contributed by atoms with Gasteiger partial charge in [0, 0.05) is 0 Å². The Morgan fingerprint density at radius 1 is 1.15 bits per heavy atom. The highest BCUT2D eigenvalue weighted by Crippen LogP contribution is 2.49. The summed E-state index contributed by atoms with van der Waals surface area (Å²) in [5.41, 5.74) is 1.07. The standard InChI is InChI=1S/C13H24/c1-6-7-11-8-12(2,3)10-13(4,5)9-11/h6,11H,1,7-10H2,2-5H3. The Morgan fingerprint density at radius 2 is 1.62 bits per heavy atom. The quantitative estimate of drug-likeness (QED) is 0.552. The Hall–Kier alpha value is -0.260. The zero-order chi connectivity index (χ0) is 10.1. The third-order valence-corrected chi connectivity index (χ3v) is 3.14. The van der Waals surface area contributed by atoms with Crippen LogP contribution in [0.1, 0.15) is 53.4 Å².